The molecule has 1 atom stereocenters. The monoisotopic (exact) mass is 454 g/mol. The number of halogens is 2. The molecule has 6 nitrogen and oxygen atoms in total. The smallest absolute Gasteiger partial charge is 0.267 e. The molecule has 0 aliphatic heterocycles. The quantitative estimate of drug-likeness (QED) is 0.623. The summed E-state index contributed by atoms with van der Waals surface area (Å²) in [5.74, 6) is -1.43. The highest BCUT2D eigenvalue weighted by Gasteiger charge is 2.34. The van der Waals surface area contributed by atoms with Gasteiger partial charge in [0.2, 0.25) is 0 Å². The van der Waals surface area contributed by atoms with Crippen molar-refractivity contribution >= 4 is 34.8 Å². The summed E-state index contributed by atoms with van der Waals surface area (Å²) in [6.07, 6.45) is 2.41. The van der Waals surface area contributed by atoms with Crippen LogP contribution in [0.15, 0.2) is 41.9 Å². The summed E-state index contributed by atoms with van der Waals surface area (Å²) < 4.78 is 14.5. The summed E-state index contributed by atoms with van der Waals surface area (Å²) in [4.78, 5) is 31.3. The van der Waals surface area contributed by atoms with Crippen LogP contribution in [0.2, 0.25) is 5.02 Å². The van der Waals surface area contributed by atoms with Crippen molar-refractivity contribution in [1.82, 2.24) is 9.88 Å². The molecule has 1 aliphatic carbocycles. The first-order valence-electron chi connectivity index (χ1n) is 9.40. The average molecular weight is 455 g/mol. The average Bonchev–Trinajstić information content (AvgIpc) is 3.39. The predicted octanol–water partition coefficient (Wildman–Crippen LogP) is 4.24. The SMILES string of the molecule is N#Cc1csc(C(=O)N(Cc2cccnc2C(N)=O)[C@@H]2CCc3c(F)cc(Cl)cc32)c1. The van der Waals surface area contributed by atoms with Crippen LogP contribution in [-0.2, 0) is 13.0 Å². The van der Waals surface area contributed by atoms with Gasteiger partial charge in [-0.3, -0.25) is 14.6 Å². The molecule has 0 saturated carbocycles. The molecule has 2 aromatic heterocycles. The van der Waals surface area contributed by atoms with Crippen LogP contribution in [0.4, 0.5) is 4.39 Å². The van der Waals surface area contributed by atoms with E-state index in [4.69, 9.17) is 22.6 Å². The van der Waals surface area contributed by atoms with Gasteiger partial charge in [-0.2, -0.15) is 5.26 Å². The maximum atomic E-state index is 14.5. The molecule has 0 fully saturated rings. The lowest BCUT2D eigenvalue weighted by molar-refractivity contribution is 0.0661. The molecular weight excluding hydrogens is 439 g/mol. The number of nitrogens with zero attached hydrogens (tertiary/aromatic N) is 3. The van der Waals surface area contributed by atoms with E-state index in [1.807, 2.05) is 6.07 Å². The van der Waals surface area contributed by atoms with Crippen molar-refractivity contribution in [2.45, 2.75) is 25.4 Å². The van der Waals surface area contributed by atoms with Gasteiger partial charge in [-0.25, -0.2) is 4.39 Å². The van der Waals surface area contributed by atoms with E-state index in [2.05, 4.69) is 4.98 Å². The van der Waals surface area contributed by atoms with Crippen LogP contribution in [-0.4, -0.2) is 21.7 Å². The lowest BCUT2D eigenvalue weighted by atomic mass is 10.0. The molecule has 0 saturated heterocycles. The van der Waals surface area contributed by atoms with Crippen molar-refractivity contribution in [3.63, 3.8) is 0 Å². The third-order valence-corrected chi connectivity index (χ3v) is 6.40. The topological polar surface area (TPSA) is 100 Å². The molecule has 0 spiro atoms. The van der Waals surface area contributed by atoms with Crippen LogP contribution in [0.5, 0.6) is 0 Å². The maximum Gasteiger partial charge on any atom is 0.267 e. The Balaban J connectivity index is 1.79. The van der Waals surface area contributed by atoms with E-state index in [0.717, 1.165) is 11.3 Å². The Morgan fingerprint density at radius 2 is 2.19 bits per heavy atom. The Hall–Kier alpha value is -3.28. The molecule has 0 radical (unpaired) electrons. The van der Waals surface area contributed by atoms with E-state index in [-0.39, 0.29) is 23.2 Å². The van der Waals surface area contributed by atoms with Crippen molar-refractivity contribution in [2.24, 2.45) is 5.73 Å². The number of rotatable bonds is 5. The minimum atomic E-state index is -0.702. The van der Waals surface area contributed by atoms with Crippen molar-refractivity contribution in [2.75, 3.05) is 0 Å². The number of primary amides is 1. The molecule has 0 bridgehead atoms. The molecule has 2 N–H and O–H groups in total. The van der Waals surface area contributed by atoms with E-state index in [0.29, 0.717) is 40.0 Å². The van der Waals surface area contributed by atoms with Gasteiger partial charge in [-0.1, -0.05) is 17.7 Å². The first-order valence-corrected chi connectivity index (χ1v) is 10.7. The lowest BCUT2D eigenvalue weighted by Crippen LogP contribution is -2.34. The van der Waals surface area contributed by atoms with E-state index >= 15 is 0 Å². The van der Waals surface area contributed by atoms with E-state index in [1.165, 1.54) is 18.3 Å². The van der Waals surface area contributed by atoms with E-state index in [9.17, 15) is 14.0 Å². The minimum absolute atomic E-state index is 0.0446. The van der Waals surface area contributed by atoms with Gasteiger partial charge in [0.25, 0.3) is 11.8 Å². The number of nitrogens with two attached hydrogens (primary N) is 1. The number of aromatic nitrogens is 1. The predicted molar refractivity (Wildman–Crippen MR) is 114 cm³/mol. The molecule has 3 aromatic rings. The Kier molecular flexibility index (Phi) is 5.72. The van der Waals surface area contributed by atoms with Gasteiger partial charge in [-0.05, 0) is 48.2 Å². The molecule has 0 unspecified atom stereocenters. The van der Waals surface area contributed by atoms with Gasteiger partial charge in [-0.15, -0.1) is 11.3 Å². The van der Waals surface area contributed by atoms with Crippen LogP contribution in [0.3, 0.4) is 0 Å². The summed E-state index contributed by atoms with van der Waals surface area (Å²) in [7, 11) is 0. The number of carbonyl (C=O) groups is 2. The first-order chi connectivity index (χ1) is 14.9. The van der Waals surface area contributed by atoms with Crippen LogP contribution in [0, 0.1) is 17.1 Å². The first kappa shape index (κ1) is 21.0. The number of nitriles is 1. The van der Waals surface area contributed by atoms with Crippen LogP contribution in [0.1, 0.15) is 54.9 Å². The third kappa shape index (κ3) is 4.02. The highest BCUT2D eigenvalue weighted by molar-refractivity contribution is 7.12. The molecule has 9 heteroatoms. The number of hydrogen-bond acceptors (Lipinski definition) is 5. The summed E-state index contributed by atoms with van der Waals surface area (Å²) in [5, 5.41) is 11.0. The number of thiophene rings is 1. The minimum Gasteiger partial charge on any atom is -0.364 e. The van der Waals surface area contributed by atoms with Gasteiger partial charge in [0.1, 0.15) is 17.6 Å². The fourth-order valence-corrected chi connectivity index (χ4v) is 4.89. The van der Waals surface area contributed by atoms with Gasteiger partial charge >= 0.3 is 0 Å². The zero-order valence-corrected chi connectivity index (χ0v) is 17.7. The Bertz CT molecular complexity index is 1240. The van der Waals surface area contributed by atoms with Crippen molar-refractivity contribution < 1.29 is 14.0 Å². The zero-order chi connectivity index (χ0) is 22.1. The summed E-state index contributed by atoms with van der Waals surface area (Å²) >= 11 is 7.25. The second-order valence-electron chi connectivity index (χ2n) is 7.13. The van der Waals surface area contributed by atoms with Crippen molar-refractivity contribution in [1.29, 1.82) is 5.26 Å². The summed E-state index contributed by atoms with van der Waals surface area (Å²) in [6, 6.07) is 9.35. The molecule has 1 aromatic carbocycles. The van der Waals surface area contributed by atoms with Crippen LogP contribution < -0.4 is 5.73 Å². The van der Waals surface area contributed by atoms with Gasteiger partial charge in [0, 0.05) is 28.7 Å². The third-order valence-electron chi connectivity index (χ3n) is 5.26. The highest BCUT2D eigenvalue weighted by atomic mass is 35.5. The molecule has 31 heavy (non-hydrogen) atoms. The molecule has 2 amide bonds. The number of hydrogen-bond donors (Lipinski definition) is 1. The van der Waals surface area contributed by atoms with Crippen LogP contribution >= 0.6 is 22.9 Å². The lowest BCUT2D eigenvalue weighted by Gasteiger charge is -2.30. The number of amides is 2. The largest absolute Gasteiger partial charge is 0.364 e. The van der Waals surface area contributed by atoms with Crippen molar-refractivity contribution in [3.05, 3.63) is 85.6 Å². The fourth-order valence-electron chi connectivity index (χ4n) is 3.89. The van der Waals surface area contributed by atoms with Gasteiger partial charge in [0.05, 0.1) is 16.5 Å². The van der Waals surface area contributed by atoms with Gasteiger partial charge in [0.15, 0.2) is 0 Å². The molecular formula is C22H16ClFN4O2S. The Morgan fingerprint density at radius 1 is 1.39 bits per heavy atom. The molecule has 1 aliphatic rings. The van der Waals surface area contributed by atoms with Gasteiger partial charge < -0.3 is 10.6 Å². The van der Waals surface area contributed by atoms with Crippen molar-refractivity contribution in [3.8, 4) is 6.07 Å². The normalized spacial score (nSPS) is 14.7. The summed E-state index contributed by atoms with van der Waals surface area (Å²) in [5.41, 5.74) is 7.56. The molecule has 2 heterocycles. The van der Waals surface area contributed by atoms with E-state index in [1.54, 1.807) is 28.5 Å². The van der Waals surface area contributed by atoms with E-state index < -0.39 is 17.8 Å². The number of fused-ring (bicyclic) bond motifs is 1. The Labute approximate surface area is 186 Å². The molecule has 4 rings (SSSR count). The highest BCUT2D eigenvalue weighted by Crippen LogP contribution is 2.40. The molecule has 156 valence electrons. The standard InChI is InChI=1S/C22H16ClFN4O2S/c23-14-7-16-15(17(24)8-14)3-4-18(16)28(22(30)19-6-12(9-25)11-31-19)10-13-2-1-5-27-20(13)21(26)29/h1-2,5-8,11,18H,3-4,10H2,(H2,26,29)/t18-/m1/s1. The second kappa shape index (κ2) is 8.46. The summed E-state index contributed by atoms with van der Waals surface area (Å²) in [6.45, 7) is 0.0446. The van der Waals surface area contributed by atoms with Crippen LogP contribution in [0.25, 0.3) is 0 Å². The zero-order valence-electron chi connectivity index (χ0n) is 16.1. The maximum absolute atomic E-state index is 14.5. The number of benzene rings is 1. The Morgan fingerprint density at radius 3 is 2.90 bits per heavy atom. The number of carbonyl (C=O) groups excluding carboxylic acids is 2. The fraction of sp³-hybridized carbons (Fsp3) is 0.182. The number of pyridine rings is 1. The second-order valence-corrected chi connectivity index (χ2v) is 8.48.